The Hall–Kier alpha value is -2.35. The normalized spacial score (nSPS) is 20.7. The molecule has 0 unspecified atom stereocenters. The van der Waals surface area contributed by atoms with Crippen LogP contribution in [0.2, 0.25) is 0 Å². The minimum Gasteiger partial charge on any atom is -0.383 e. The van der Waals surface area contributed by atoms with Crippen molar-refractivity contribution in [1.29, 1.82) is 0 Å². The number of urea groups is 1. The number of ether oxygens (including phenoxy) is 1. The number of amides is 3. The van der Waals surface area contributed by atoms with Crippen LogP contribution in [0.25, 0.3) is 0 Å². The summed E-state index contributed by atoms with van der Waals surface area (Å²) >= 11 is 0. The molecule has 8 heteroatoms. The van der Waals surface area contributed by atoms with E-state index in [1.54, 1.807) is 24.3 Å². The summed E-state index contributed by atoms with van der Waals surface area (Å²) in [6, 6.07) is 2.99. The zero-order valence-corrected chi connectivity index (χ0v) is 14.4. The smallest absolute Gasteiger partial charge is 0.317 e. The first kappa shape index (κ1) is 17.5. The molecular formula is C17H24N4O4. The Morgan fingerprint density at radius 2 is 2.16 bits per heavy atom. The number of hydrogen-bond donors (Lipinski definition) is 1. The third-order valence-electron chi connectivity index (χ3n) is 4.78. The molecule has 2 saturated heterocycles. The maximum Gasteiger partial charge on any atom is 0.317 e. The van der Waals surface area contributed by atoms with Crippen molar-refractivity contribution >= 4 is 11.9 Å². The summed E-state index contributed by atoms with van der Waals surface area (Å²) in [5, 5.41) is 2.81. The van der Waals surface area contributed by atoms with Gasteiger partial charge in [0.15, 0.2) is 0 Å². The standard InChI is InChI=1S/C17H24N4O4/c1-25-10-9-19-11-13(4-5-15(19)22)16(23)20-7-2-3-14(12-20)21-8-6-18-17(21)24/h4-5,11,14H,2-3,6-10,12H2,1H3,(H,18,24)/t14-/m1/s1. The Labute approximate surface area is 146 Å². The minimum atomic E-state index is -0.154. The molecule has 3 amide bonds. The molecule has 1 N–H and O–H groups in total. The summed E-state index contributed by atoms with van der Waals surface area (Å²) in [6.07, 6.45) is 3.36. The third kappa shape index (κ3) is 3.84. The number of likely N-dealkylation sites (tertiary alicyclic amines) is 1. The van der Waals surface area contributed by atoms with Crippen LogP contribution in [0, 0.1) is 0 Å². The molecule has 3 heterocycles. The van der Waals surface area contributed by atoms with Crippen molar-refractivity contribution in [2.75, 3.05) is 39.9 Å². The fraction of sp³-hybridized carbons (Fsp3) is 0.588. The molecule has 0 spiro atoms. The van der Waals surface area contributed by atoms with E-state index in [0.717, 1.165) is 12.8 Å². The van der Waals surface area contributed by atoms with Gasteiger partial charge in [-0.25, -0.2) is 4.79 Å². The lowest BCUT2D eigenvalue weighted by molar-refractivity contribution is 0.0633. The topological polar surface area (TPSA) is 83.9 Å². The van der Waals surface area contributed by atoms with Gasteiger partial charge in [0, 0.05) is 52.1 Å². The van der Waals surface area contributed by atoms with Gasteiger partial charge >= 0.3 is 6.03 Å². The fourth-order valence-corrected chi connectivity index (χ4v) is 3.43. The van der Waals surface area contributed by atoms with Gasteiger partial charge in [-0.2, -0.15) is 0 Å². The van der Waals surface area contributed by atoms with Crippen molar-refractivity contribution in [3.63, 3.8) is 0 Å². The Balaban J connectivity index is 1.71. The number of piperidine rings is 1. The third-order valence-corrected chi connectivity index (χ3v) is 4.78. The molecule has 0 bridgehead atoms. The molecule has 1 aromatic rings. The van der Waals surface area contributed by atoms with Crippen molar-refractivity contribution in [2.24, 2.45) is 0 Å². The van der Waals surface area contributed by atoms with E-state index in [1.807, 2.05) is 4.90 Å². The van der Waals surface area contributed by atoms with E-state index in [2.05, 4.69) is 5.32 Å². The van der Waals surface area contributed by atoms with Gasteiger partial charge in [0.05, 0.1) is 18.2 Å². The molecule has 0 saturated carbocycles. The van der Waals surface area contributed by atoms with Crippen molar-refractivity contribution in [1.82, 2.24) is 19.7 Å². The maximum atomic E-state index is 12.8. The molecule has 136 valence electrons. The Morgan fingerprint density at radius 1 is 1.32 bits per heavy atom. The molecule has 2 aliphatic rings. The molecule has 1 aromatic heterocycles. The molecule has 0 radical (unpaired) electrons. The summed E-state index contributed by atoms with van der Waals surface area (Å²) in [4.78, 5) is 40.2. The van der Waals surface area contributed by atoms with Crippen molar-refractivity contribution < 1.29 is 14.3 Å². The van der Waals surface area contributed by atoms with Crippen molar-refractivity contribution in [3.05, 3.63) is 34.2 Å². The SMILES string of the molecule is COCCn1cc(C(=O)N2CCC[C@@H](N3CCNC3=O)C2)ccc1=O. The monoisotopic (exact) mass is 348 g/mol. The Morgan fingerprint density at radius 3 is 2.88 bits per heavy atom. The maximum absolute atomic E-state index is 12.8. The second kappa shape index (κ2) is 7.69. The quantitative estimate of drug-likeness (QED) is 0.819. The summed E-state index contributed by atoms with van der Waals surface area (Å²) in [6.45, 7) is 3.37. The van der Waals surface area contributed by atoms with Crippen LogP contribution in [-0.2, 0) is 11.3 Å². The van der Waals surface area contributed by atoms with Crippen molar-refractivity contribution in [3.8, 4) is 0 Å². The largest absolute Gasteiger partial charge is 0.383 e. The lowest BCUT2D eigenvalue weighted by Gasteiger charge is -2.37. The number of rotatable bonds is 5. The van der Waals surface area contributed by atoms with E-state index in [1.165, 1.54) is 10.6 Å². The van der Waals surface area contributed by atoms with Gasteiger partial charge < -0.3 is 24.4 Å². The van der Waals surface area contributed by atoms with Crippen LogP contribution < -0.4 is 10.9 Å². The number of aromatic nitrogens is 1. The summed E-state index contributed by atoms with van der Waals surface area (Å²) < 4.78 is 6.49. The van der Waals surface area contributed by atoms with E-state index in [0.29, 0.717) is 44.9 Å². The zero-order chi connectivity index (χ0) is 17.8. The molecule has 1 atom stereocenters. The minimum absolute atomic E-state index is 0.0487. The number of methoxy groups -OCH3 is 1. The predicted molar refractivity (Wildman–Crippen MR) is 91.6 cm³/mol. The highest BCUT2D eigenvalue weighted by Gasteiger charge is 2.33. The molecule has 25 heavy (non-hydrogen) atoms. The fourth-order valence-electron chi connectivity index (χ4n) is 3.43. The van der Waals surface area contributed by atoms with Crippen LogP contribution in [0.15, 0.2) is 23.1 Å². The van der Waals surface area contributed by atoms with Crippen LogP contribution in [0.4, 0.5) is 4.79 Å². The second-order valence-electron chi connectivity index (χ2n) is 6.41. The lowest BCUT2D eigenvalue weighted by Crippen LogP contribution is -2.50. The molecule has 3 rings (SSSR count). The molecule has 2 aliphatic heterocycles. The number of pyridine rings is 1. The van der Waals surface area contributed by atoms with Gasteiger partial charge in [0.1, 0.15) is 0 Å². The highest BCUT2D eigenvalue weighted by molar-refractivity contribution is 5.94. The van der Waals surface area contributed by atoms with Crippen molar-refractivity contribution in [2.45, 2.75) is 25.4 Å². The van der Waals surface area contributed by atoms with E-state index < -0.39 is 0 Å². The van der Waals surface area contributed by atoms with E-state index in [9.17, 15) is 14.4 Å². The molecule has 0 aliphatic carbocycles. The highest BCUT2D eigenvalue weighted by Crippen LogP contribution is 2.19. The summed E-state index contributed by atoms with van der Waals surface area (Å²) in [7, 11) is 1.57. The first-order valence-electron chi connectivity index (χ1n) is 8.63. The van der Waals surface area contributed by atoms with E-state index in [4.69, 9.17) is 4.74 Å². The summed E-state index contributed by atoms with van der Waals surface area (Å²) in [5.41, 5.74) is 0.334. The highest BCUT2D eigenvalue weighted by atomic mass is 16.5. The Bertz CT molecular complexity index is 702. The van der Waals surface area contributed by atoms with Crippen LogP contribution in [-0.4, -0.2) is 72.2 Å². The lowest BCUT2D eigenvalue weighted by atomic mass is 10.0. The van der Waals surface area contributed by atoms with Crippen LogP contribution in [0.5, 0.6) is 0 Å². The zero-order valence-electron chi connectivity index (χ0n) is 14.4. The van der Waals surface area contributed by atoms with Gasteiger partial charge in [-0.05, 0) is 18.9 Å². The predicted octanol–water partition coefficient (Wildman–Crippen LogP) is 0.125. The second-order valence-corrected chi connectivity index (χ2v) is 6.41. The van der Waals surface area contributed by atoms with Gasteiger partial charge in [0.2, 0.25) is 0 Å². The number of carbonyl (C=O) groups is 2. The number of hydrogen-bond acceptors (Lipinski definition) is 4. The van der Waals surface area contributed by atoms with E-state index >= 15 is 0 Å². The van der Waals surface area contributed by atoms with E-state index in [-0.39, 0.29) is 23.5 Å². The van der Waals surface area contributed by atoms with Crippen LogP contribution >= 0.6 is 0 Å². The summed E-state index contributed by atoms with van der Waals surface area (Å²) in [5.74, 6) is -0.101. The first-order valence-corrected chi connectivity index (χ1v) is 8.63. The van der Waals surface area contributed by atoms with Crippen LogP contribution in [0.1, 0.15) is 23.2 Å². The van der Waals surface area contributed by atoms with Gasteiger partial charge in [-0.1, -0.05) is 0 Å². The average molecular weight is 348 g/mol. The number of nitrogens with one attached hydrogen (secondary N) is 1. The molecule has 2 fully saturated rings. The average Bonchev–Trinajstić information content (AvgIpc) is 3.06. The van der Waals surface area contributed by atoms with Gasteiger partial charge in [-0.3, -0.25) is 9.59 Å². The first-order chi connectivity index (χ1) is 12.1. The van der Waals surface area contributed by atoms with Gasteiger partial charge in [0.25, 0.3) is 11.5 Å². The molecular weight excluding hydrogens is 324 g/mol. The molecule has 8 nitrogen and oxygen atoms in total. The number of nitrogens with zero attached hydrogens (tertiary/aromatic N) is 3. The molecule has 0 aromatic carbocycles. The number of carbonyl (C=O) groups excluding carboxylic acids is 2. The Kier molecular flexibility index (Phi) is 5.37. The van der Waals surface area contributed by atoms with Crippen LogP contribution in [0.3, 0.4) is 0 Å². The van der Waals surface area contributed by atoms with Gasteiger partial charge in [-0.15, -0.1) is 0 Å².